The number of benzene rings is 2. The largest absolute Gasteiger partial charge is 0.449 e. The number of ether oxygens (including phenoxy) is 1. The molecule has 2 aromatic carbocycles. The molecule has 2 aromatic heterocycles. The number of aromatic nitrogens is 4. The zero-order valence-electron chi connectivity index (χ0n) is 38.6. The molecule has 4 aromatic rings. The predicted octanol–water partition coefficient (Wildman–Crippen LogP) is 8.58. The molecule has 67 heavy (non-hydrogen) atoms. The molecular formula is C51H63ClFN9O5. The quantitative estimate of drug-likeness (QED) is 0.0733. The molecule has 9 rings (SSSR count). The molecule has 0 unspecified atom stereocenters. The standard InChI is InChI=1S/C51H63ClFN9O5/c1-59-45(25-33-14-15-33)41(28-55-59)47-43(52)29-54-50(58-47)56-37-16-18-38(19-17-37)61(30-34-11-6-5-7-12-34)51(66)67-24-9-4-2-3-8-22-60-23-10-13-35(31-60)39-26-36(53)27-40-42(39)32-62(49(40)65)44-20-21-46(63)57-48(44)64/h5-7,11-12,26-29,33,35,37-38,44H,2-4,8-10,13-25,30-32H2,1H3,(H,54,56,58)(H,57,63,64)/t35-,37?,38?,44+/m0/s1. The second kappa shape index (κ2) is 21.3. The van der Waals surface area contributed by atoms with E-state index in [1.807, 2.05) is 41.0 Å². The number of piperidine rings is 2. The van der Waals surface area contributed by atoms with Crippen LogP contribution in [0.4, 0.5) is 15.1 Å². The third-order valence-corrected chi connectivity index (χ3v) is 14.9. The topological polar surface area (TPSA) is 155 Å². The molecule has 2 N–H and O–H groups in total. The van der Waals surface area contributed by atoms with Crippen LogP contribution >= 0.6 is 11.6 Å². The number of nitrogens with zero attached hydrogens (tertiary/aromatic N) is 7. The molecule has 16 heteroatoms. The lowest BCUT2D eigenvalue weighted by Gasteiger charge is -2.36. The van der Waals surface area contributed by atoms with Crippen molar-refractivity contribution in [1.29, 1.82) is 0 Å². The van der Waals surface area contributed by atoms with Crippen molar-refractivity contribution in [2.75, 3.05) is 31.6 Å². The van der Waals surface area contributed by atoms with Crippen molar-refractivity contribution in [3.8, 4) is 11.3 Å². The van der Waals surface area contributed by atoms with E-state index in [9.17, 15) is 23.6 Å². The highest BCUT2D eigenvalue weighted by Crippen LogP contribution is 2.39. The summed E-state index contributed by atoms with van der Waals surface area (Å²) in [6.07, 6.45) is 17.4. The lowest BCUT2D eigenvalue weighted by atomic mass is 9.86. The molecule has 14 nitrogen and oxygen atoms in total. The molecule has 2 saturated carbocycles. The van der Waals surface area contributed by atoms with Crippen LogP contribution in [0.5, 0.6) is 0 Å². The van der Waals surface area contributed by atoms with E-state index in [4.69, 9.17) is 21.3 Å². The SMILES string of the molecule is Cn1ncc(-c2nc(NC3CCC(N(Cc4ccccc4)C(=O)OCCCCCCCN4CCC[C@H](c5cc(F)cc6c5CN([C@@H]5CCC(=O)NC5=O)C6=O)C4)CC3)ncc2Cl)c1CC1CC1. The van der Waals surface area contributed by atoms with E-state index in [2.05, 4.69) is 37.7 Å². The lowest BCUT2D eigenvalue weighted by Crippen LogP contribution is -2.52. The first kappa shape index (κ1) is 46.7. The van der Waals surface area contributed by atoms with Crippen LogP contribution in [-0.2, 0) is 40.9 Å². The Kier molecular flexibility index (Phi) is 14.8. The number of aryl methyl sites for hydroxylation is 1. The van der Waals surface area contributed by atoms with Gasteiger partial charge in [-0.25, -0.2) is 19.2 Å². The van der Waals surface area contributed by atoms with Crippen LogP contribution in [0.2, 0.25) is 5.02 Å². The molecule has 5 aliphatic rings. The number of hydrogen-bond donors (Lipinski definition) is 2. The smallest absolute Gasteiger partial charge is 0.410 e. The van der Waals surface area contributed by atoms with Gasteiger partial charge in [-0.15, -0.1) is 0 Å². The van der Waals surface area contributed by atoms with Gasteiger partial charge in [0.1, 0.15) is 11.9 Å². The van der Waals surface area contributed by atoms with E-state index in [1.54, 1.807) is 12.3 Å². The minimum Gasteiger partial charge on any atom is -0.449 e. The second-order valence-corrected chi connectivity index (χ2v) is 19.8. The Morgan fingerprint density at radius 3 is 2.54 bits per heavy atom. The van der Waals surface area contributed by atoms with Crippen LogP contribution < -0.4 is 10.6 Å². The molecule has 2 saturated heterocycles. The Bertz CT molecular complexity index is 2420. The fraction of sp³-hybridized carbons (Fsp3) is 0.549. The van der Waals surface area contributed by atoms with Crippen molar-refractivity contribution in [1.82, 2.24) is 39.8 Å². The van der Waals surface area contributed by atoms with Gasteiger partial charge in [0.15, 0.2) is 0 Å². The Morgan fingerprint density at radius 2 is 1.75 bits per heavy atom. The number of anilines is 1. The summed E-state index contributed by atoms with van der Waals surface area (Å²) < 4.78 is 22.9. The first-order chi connectivity index (χ1) is 32.6. The van der Waals surface area contributed by atoms with E-state index in [-0.39, 0.29) is 55.3 Å². The minimum absolute atomic E-state index is 0.0547. The number of imide groups is 1. The maximum Gasteiger partial charge on any atom is 0.410 e. The van der Waals surface area contributed by atoms with Gasteiger partial charge in [-0.1, -0.05) is 61.2 Å². The third kappa shape index (κ3) is 11.3. The first-order valence-corrected chi connectivity index (χ1v) is 24.9. The van der Waals surface area contributed by atoms with E-state index in [1.165, 1.54) is 23.8 Å². The molecule has 0 bridgehead atoms. The highest BCUT2D eigenvalue weighted by atomic mass is 35.5. The number of carbonyl (C=O) groups excluding carboxylic acids is 4. The highest BCUT2D eigenvalue weighted by Gasteiger charge is 2.41. The van der Waals surface area contributed by atoms with Crippen LogP contribution in [0, 0.1) is 11.7 Å². The molecule has 2 atom stereocenters. The maximum atomic E-state index is 15.0. The summed E-state index contributed by atoms with van der Waals surface area (Å²) in [5.41, 5.74) is 5.90. The number of rotatable bonds is 18. The molecule has 5 heterocycles. The van der Waals surface area contributed by atoms with Gasteiger partial charge in [0.05, 0.1) is 29.7 Å². The zero-order chi connectivity index (χ0) is 46.4. The van der Waals surface area contributed by atoms with Crippen LogP contribution in [0.25, 0.3) is 11.3 Å². The van der Waals surface area contributed by atoms with Crippen molar-refractivity contribution in [3.05, 3.63) is 93.6 Å². The van der Waals surface area contributed by atoms with Gasteiger partial charge >= 0.3 is 6.09 Å². The lowest BCUT2D eigenvalue weighted by molar-refractivity contribution is -0.136. The third-order valence-electron chi connectivity index (χ3n) is 14.6. The van der Waals surface area contributed by atoms with Crippen LogP contribution in [0.3, 0.4) is 0 Å². The summed E-state index contributed by atoms with van der Waals surface area (Å²) >= 11 is 6.65. The van der Waals surface area contributed by atoms with Crippen molar-refractivity contribution in [2.24, 2.45) is 13.0 Å². The monoisotopic (exact) mass is 935 g/mol. The average Bonchev–Trinajstić information content (AvgIpc) is 4.01. The maximum absolute atomic E-state index is 15.0. The number of halogens is 2. The number of unbranched alkanes of at least 4 members (excludes halogenated alkanes) is 4. The molecule has 356 valence electrons. The van der Waals surface area contributed by atoms with Crippen LogP contribution in [-0.4, -0.2) is 103 Å². The van der Waals surface area contributed by atoms with E-state index in [0.717, 1.165) is 125 Å². The number of fused-ring (bicyclic) bond motifs is 1. The summed E-state index contributed by atoms with van der Waals surface area (Å²) in [4.78, 5) is 66.8. The zero-order valence-corrected chi connectivity index (χ0v) is 39.3. The molecule has 0 radical (unpaired) electrons. The predicted molar refractivity (Wildman–Crippen MR) is 253 cm³/mol. The van der Waals surface area contributed by atoms with Gasteiger partial charge in [0, 0.05) is 62.0 Å². The fourth-order valence-electron chi connectivity index (χ4n) is 10.7. The molecule has 3 aliphatic heterocycles. The number of amides is 4. The Hall–Kier alpha value is -5.41. The summed E-state index contributed by atoms with van der Waals surface area (Å²) in [7, 11) is 1.97. The van der Waals surface area contributed by atoms with Gasteiger partial charge in [0.25, 0.3) is 5.91 Å². The number of likely N-dealkylation sites (tertiary alicyclic amines) is 1. The van der Waals surface area contributed by atoms with E-state index < -0.39 is 17.8 Å². The van der Waals surface area contributed by atoms with E-state index >= 15 is 0 Å². The second-order valence-electron chi connectivity index (χ2n) is 19.4. The van der Waals surface area contributed by atoms with E-state index in [0.29, 0.717) is 41.3 Å². The minimum atomic E-state index is -0.728. The van der Waals surface area contributed by atoms with Gasteiger partial charge in [0.2, 0.25) is 17.8 Å². The van der Waals surface area contributed by atoms with Crippen molar-refractivity contribution < 1.29 is 28.3 Å². The van der Waals surface area contributed by atoms with Gasteiger partial charge in [-0.05, 0) is 131 Å². The summed E-state index contributed by atoms with van der Waals surface area (Å²) in [5, 5.41) is 10.9. The van der Waals surface area contributed by atoms with Crippen molar-refractivity contribution in [3.63, 3.8) is 0 Å². The van der Waals surface area contributed by atoms with Crippen molar-refractivity contribution in [2.45, 2.75) is 140 Å². The molecule has 2 aliphatic carbocycles. The summed E-state index contributed by atoms with van der Waals surface area (Å²) in [6, 6.07) is 12.5. The molecular weight excluding hydrogens is 873 g/mol. The number of nitrogens with one attached hydrogen (secondary N) is 2. The van der Waals surface area contributed by atoms with Crippen LogP contribution in [0.15, 0.2) is 54.9 Å². The summed E-state index contributed by atoms with van der Waals surface area (Å²) in [5.74, 6) is -0.230. The van der Waals surface area contributed by atoms with Crippen LogP contribution in [0.1, 0.15) is 135 Å². The normalized spacial score (nSPS) is 22.1. The number of carbonyl (C=O) groups is 4. The van der Waals surface area contributed by atoms with Crippen molar-refractivity contribution >= 4 is 41.4 Å². The number of hydrogen-bond acceptors (Lipinski definition) is 10. The van der Waals surface area contributed by atoms with Gasteiger partial charge < -0.3 is 24.8 Å². The molecule has 4 amide bonds. The fourth-order valence-corrected chi connectivity index (χ4v) is 10.9. The average molecular weight is 937 g/mol. The first-order valence-electron chi connectivity index (χ1n) is 24.5. The van der Waals surface area contributed by atoms with Gasteiger partial charge in [-0.3, -0.25) is 24.4 Å². The highest BCUT2D eigenvalue weighted by molar-refractivity contribution is 6.33. The Labute approximate surface area is 397 Å². The molecule has 4 fully saturated rings. The van der Waals surface area contributed by atoms with Gasteiger partial charge in [-0.2, -0.15) is 5.10 Å². The molecule has 0 spiro atoms. The Balaban J connectivity index is 0.712. The Morgan fingerprint density at radius 1 is 0.955 bits per heavy atom. The summed E-state index contributed by atoms with van der Waals surface area (Å²) in [6.45, 7) is 3.85.